The smallest absolute Gasteiger partial charge is 0.410 e. The minimum Gasteiger partial charge on any atom is -0.444 e. The van der Waals surface area contributed by atoms with Crippen LogP contribution in [0.2, 0.25) is 0 Å². The lowest BCUT2D eigenvalue weighted by Gasteiger charge is -2.34. The van der Waals surface area contributed by atoms with Crippen LogP contribution in [0, 0.1) is 5.82 Å². The van der Waals surface area contributed by atoms with Crippen LogP contribution < -0.4 is 5.69 Å². The molecule has 1 aliphatic rings. The molecular weight excluding hydrogens is 597 g/mol. The van der Waals surface area contributed by atoms with E-state index >= 15 is 0 Å². The van der Waals surface area contributed by atoms with Gasteiger partial charge in [0.1, 0.15) is 11.4 Å². The van der Waals surface area contributed by atoms with Gasteiger partial charge in [0.25, 0.3) is 5.89 Å². The number of halogens is 4. The zero-order chi connectivity index (χ0) is 28.8. The van der Waals surface area contributed by atoms with Crippen molar-refractivity contribution >= 4 is 33.1 Å². The van der Waals surface area contributed by atoms with Crippen molar-refractivity contribution in [3.05, 3.63) is 62.8 Å². The lowest BCUT2D eigenvalue weighted by atomic mass is 10.1. The number of pyridine rings is 1. The second-order valence-electron chi connectivity index (χ2n) is 10.5. The summed E-state index contributed by atoms with van der Waals surface area (Å²) in [6.45, 7) is 6.16. The molecular formula is C26H26BrF3N6O4. The molecule has 1 saturated heterocycles. The maximum absolute atomic E-state index is 14.6. The van der Waals surface area contributed by atoms with Crippen molar-refractivity contribution in [2.45, 2.75) is 58.2 Å². The standard InChI is InChI=1S/C26H26BrF3N6O4/c1-26(2,3)40-25(38)34-8-4-5-16(13-34)36-20-9-17(27)18(28)10-19(20)35(24(36)37)12-15-7-6-14(11-31-15)22-32-33-23(39-22)21(29)30/h6-7,9-11,16,21H,4-5,8,12-13H2,1-3H3/t16-/m0/s1. The SMILES string of the molecule is CC(C)(C)OC(=O)N1CCC[C@H](n2c(=O)n(Cc3ccc(-c4nnc(C(F)F)o4)cn3)c3cc(F)c(Br)cc32)C1. The Morgan fingerprint density at radius 1 is 1.23 bits per heavy atom. The maximum Gasteiger partial charge on any atom is 0.410 e. The maximum atomic E-state index is 14.6. The molecule has 10 nitrogen and oxygen atoms in total. The van der Waals surface area contributed by atoms with E-state index in [1.54, 1.807) is 48.4 Å². The zero-order valence-corrected chi connectivity index (χ0v) is 23.5. The van der Waals surface area contributed by atoms with E-state index < -0.39 is 29.8 Å². The first-order valence-corrected chi connectivity index (χ1v) is 13.3. The van der Waals surface area contributed by atoms with E-state index in [0.29, 0.717) is 41.7 Å². The van der Waals surface area contributed by atoms with Gasteiger partial charge in [-0.1, -0.05) is 0 Å². The minimum atomic E-state index is -2.89. The van der Waals surface area contributed by atoms with E-state index in [4.69, 9.17) is 9.15 Å². The summed E-state index contributed by atoms with van der Waals surface area (Å²) in [6.07, 6.45) is -0.659. The Morgan fingerprint density at radius 2 is 2.00 bits per heavy atom. The fourth-order valence-corrected chi connectivity index (χ4v) is 5.01. The average Bonchev–Trinajstić information content (AvgIpc) is 3.48. The number of hydrogen-bond donors (Lipinski definition) is 0. The van der Waals surface area contributed by atoms with Crippen LogP contribution in [0.15, 0.2) is 44.1 Å². The quantitative estimate of drug-likeness (QED) is 0.280. The molecule has 1 atom stereocenters. The summed E-state index contributed by atoms with van der Waals surface area (Å²) in [7, 11) is 0. The van der Waals surface area contributed by atoms with E-state index in [2.05, 4.69) is 31.1 Å². The predicted octanol–water partition coefficient (Wildman–Crippen LogP) is 5.71. The molecule has 40 heavy (non-hydrogen) atoms. The lowest BCUT2D eigenvalue weighted by molar-refractivity contribution is 0.0172. The largest absolute Gasteiger partial charge is 0.444 e. The molecule has 0 radical (unpaired) electrons. The van der Waals surface area contributed by atoms with Crippen molar-refractivity contribution in [2.75, 3.05) is 13.1 Å². The van der Waals surface area contributed by atoms with E-state index in [1.165, 1.54) is 16.8 Å². The number of likely N-dealkylation sites (tertiary alicyclic amines) is 1. The van der Waals surface area contributed by atoms with Gasteiger partial charge in [-0.25, -0.2) is 14.0 Å². The molecule has 0 aliphatic carbocycles. The Balaban J connectivity index is 1.47. The predicted molar refractivity (Wildman–Crippen MR) is 142 cm³/mol. The molecule has 1 fully saturated rings. The molecule has 1 aromatic carbocycles. The van der Waals surface area contributed by atoms with Crippen molar-refractivity contribution in [3.8, 4) is 11.5 Å². The van der Waals surface area contributed by atoms with Crippen LogP contribution in [0.3, 0.4) is 0 Å². The number of nitrogens with zero attached hydrogens (tertiary/aromatic N) is 6. The number of rotatable bonds is 5. The number of piperidine rings is 1. The zero-order valence-electron chi connectivity index (χ0n) is 21.9. The highest BCUT2D eigenvalue weighted by atomic mass is 79.9. The normalized spacial score (nSPS) is 16.2. The molecule has 212 valence electrons. The monoisotopic (exact) mass is 622 g/mol. The number of carbonyl (C=O) groups is 1. The molecule has 3 aromatic heterocycles. The summed E-state index contributed by atoms with van der Waals surface area (Å²) in [4.78, 5) is 32.5. The first kappa shape index (κ1) is 27.9. The molecule has 5 rings (SSSR count). The van der Waals surface area contributed by atoms with Gasteiger partial charge < -0.3 is 14.1 Å². The molecule has 1 aliphatic heterocycles. The van der Waals surface area contributed by atoms with Crippen molar-refractivity contribution in [2.24, 2.45) is 0 Å². The Bertz CT molecular complexity index is 1610. The number of amides is 1. The van der Waals surface area contributed by atoms with Gasteiger partial charge in [-0.2, -0.15) is 8.78 Å². The summed E-state index contributed by atoms with van der Waals surface area (Å²) in [5, 5.41) is 6.92. The van der Waals surface area contributed by atoms with E-state index in [-0.39, 0.29) is 35.2 Å². The van der Waals surface area contributed by atoms with E-state index in [0.717, 1.165) is 0 Å². The molecule has 0 saturated carbocycles. The number of alkyl halides is 2. The molecule has 14 heteroatoms. The topological polar surface area (TPSA) is 108 Å². The number of imidazole rings is 1. The van der Waals surface area contributed by atoms with Crippen LogP contribution in [-0.2, 0) is 11.3 Å². The van der Waals surface area contributed by atoms with Crippen LogP contribution >= 0.6 is 15.9 Å². The van der Waals surface area contributed by atoms with Crippen LogP contribution in [-0.4, -0.2) is 54.0 Å². The van der Waals surface area contributed by atoms with Gasteiger partial charge >= 0.3 is 18.2 Å². The number of fused-ring (bicyclic) bond motifs is 1. The van der Waals surface area contributed by atoms with Gasteiger partial charge in [-0.3, -0.25) is 14.1 Å². The lowest BCUT2D eigenvalue weighted by Crippen LogP contribution is -2.45. The summed E-state index contributed by atoms with van der Waals surface area (Å²) in [5.74, 6) is -1.44. The second kappa shape index (κ2) is 10.7. The van der Waals surface area contributed by atoms with Crippen molar-refractivity contribution in [1.82, 2.24) is 29.2 Å². The highest BCUT2D eigenvalue weighted by Crippen LogP contribution is 2.30. The highest BCUT2D eigenvalue weighted by molar-refractivity contribution is 9.10. The third-order valence-electron chi connectivity index (χ3n) is 6.44. The molecule has 0 spiro atoms. The summed E-state index contributed by atoms with van der Waals surface area (Å²) < 4.78 is 53.9. The van der Waals surface area contributed by atoms with Crippen molar-refractivity contribution in [3.63, 3.8) is 0 Å². The third-order valence-corrected chi connectivity index (χ3v) is 7.04. The number of benzene rings is 1. The number of ether oxygens (including phenoxy) is 1. The van der Waals surface area contributed by atoms with Crippen molar-refractivity contribution < 1.29 is 27.1 Å². The van der Waals surface area contributed by atoms with E-state index in [1.807, 2.05) is 0 Å². The second-order valence-corrected chi connectivity index (χ2v) is 11.4. The Kier molecular flexibility index (Phi) is 7.46. The Morgan fingerprint density at radius 3 is 2.65 bits per heavy atom. The summed E-state index contributed by atoms with van der Waals surface area (Å²) >= 11 is 3.22. The third kappa shape index (κ3) is 5.62. The van der Waals surface area contributed by atoms with Gasteiger partial charge in [0.2, 0.25) is 5.89 Å². The fourth-order valence-electron chi connectivity index (χ4n) is 4.68. The molecule has 4 aromatic rings. The van der Waals surface area contributed by atoms with E-state index in [9.17, 15) is 22.8 Å². The molecule has 4 heterocycles. The molecule has 0 bridgehead atoms. The van der Waals surface area contributed by atoms with Gasteiger partial charge in [-0.05, 0) is 67.7 Å². The Labute approximate surface area is 234 Å². The number of hydrogen-bond acceptors (Lipinski definition) is 7. The molecule has 0 N–H and O–H groups in total. The molecule has 1 amide bonds. The first-order valence-electron chi connectivity index (χ1n) is 12.6. The van der Waals surface area contributed by atoms with Gasteiger partial charge in [0, 0.05) is 25.4 Å². The first-order chi connectivity index (χ1) is 18.9. The summed E-state index contributed by atoms with van der Waals surface area (Å²) in [5.41, 5.74) is 0.628. The Hall–Kier alpha value is -3.68. The van der Waals surface area contributed by atoms with Crippen LogP contribution in [0.4, 0.5) is 18.0 Å². The van der Waals surface area contributed by atoms with Crippen LogP contribution in [0.25, 0.3) is 22.5 Å². The van der Waals surface area contributed by atoms with Gasteiger partial charge in [0.15, 0.2) is 0 Å². The fraction of sp³-hybridized carbons (Fsp3) is 0.423. The number of carbonyl (C=O) groups excluding carboxylic acids is 1. The van der Waals surface area contributed by atoms with Gasteiger partial charge in [-0.15, -0.1) is 10.2 Å². The summed E-state index contributed by atoms with van der Waals surface area (Å²) in [6, 6.07) is 5.64. The minimum absolute atomic E-state index is 0.0122. The van der Waals surface area contributed by atoms with Crippen LogP contribution in [0.1, 0.15) is 57.7 Å². The van der Waals surface area contributed by atoms with Crippen LogP contribution in [0.5, 0.6) is 0 Å². The average molecular weight is 623 g/mol. The highest BCUT2D eigenvalue weighted by Gasteiger charge is 2.31. The molecule has 0 unspecified atom stereocenters. The van der Waals surface area contributed by atoms with Gasteiger partial charge in [0.05, 0.1) is 39.4 Å². The van der Waals surface area contributed by atoms with Crippen molar-refractivity contribution in [1.29, 1.82) is 0 Å². The number of aromatic nitrogens is 5.